The van der Waals surface area contributed by atoms with E-state index in [0.717, 1.165) is 22.4 Å². The summed E-state index contributed by atoms with van der Waals surface area (Å²) in [7, 11) is 0. The standard InChI is InChI=1S/C24H27NO3S/c1-6-29-22-21(18-8-11-20(12-9-18)28-14-15(2)3)23(26)25(24(22)27)19-10-7-16(4)17(5)13-19/h7-13,15H,6,14H2,1-5H3. The van der Waals surface area contributed by atoms with Crippen molar-refractivity contribution in [3.63, 3.8) is 0 Å². The molecule has 0 saturated heterocycles. The van der Waals surface area contributed by atoms with Crippen LogP contribution in [0, 0.1) is 19.8 Å². The number of carbonyl (C=O) groups is 2. The van der Waals surface area contributed by atoms with Crippen LogP contribution in [-0.4, -0.2) is 24.2 Å². The van der Waals surface area contributed by atoms with E-state index in [0.29, 0.717) is 34.4 Å². The molecule has 0 bridgehead atoms. The first-order valence-electron chi connectivity index (χ1n) is 9.89. The van der Waals surface area contributed by atoms with E-state index in [2.05, 4.69) is 13.8 Å². The highest BCUT2D eigenvalue weighted by atomic mass is 32.2. The minimum atomic E-state index is -0.273. The van der Waals surface area contributed by atoms with E-state index in [1.165, 1.54) is 16.7 Å². The SMILES string of the molecule is CCSC1=C(c2ccc(OCC(C)C)cc2)C(=O)N(c2ccc(C)c(C)c2)C1=O. The number of benzene rings is 2. The van der Waals surface area contributed by atoms with Crippen molar-refractivity contribution < 1.29 is 14.3 Å². The number of imide groups is 1. The van der Waals surface area contributed by atoms with Crippen molar-refractivity contribution in [2.45, 2.75) is 34.6 Å². The zero-order valence-electron chi connectivity index (χ0n) is 17.6. The molecule has 0 unspecified atom stereocenters. The van der Waals surface area contributed by atoms with Gasteiger partial charge in [0.25, 0.3) is 11.8 Å². The Morgan fingerprint density at radius 2 is 1.66 bits per heavy atom. The van der Waals surface area contributed by atoms with Crippen LogP contribution in [0.2, 0.25) is 0 Å². The molecule has 0 spiro atoms. The molecule has 2 amide bonds. The Labute approximate surface area is 176 Å². The Kier molecular flexibility index (Phi) is 6.48. The zero-order valence-corrected chi connectivity index (χ0v) is 18.4. The van der Waals surface area contributed by atoms with Crippen molar-refractivity contribution in [3.8, 4) is 5.75 Å². The van der Waals surface area contributed by atoms with Crippen molar-refractivity contribution in [1.29, 1.82) is 0 Å². The van der Waals surface area contributed by atoms with E-state index in [1.807, 2.05) is 63.2 Å². The third-order valence-corrected chi connectivity index (χ3v) is 5.76. The lowest BCUT2D eigenvalue weighted by Gasteiger charge is -2.16. The number of aryl methyl sites for hydroxylation is 2. The number of carbonyl (C=O) groups excluding carboxylic acids is 2. The fraction of sp³-hybridized carbons (Fsp3) is 0.333. The molecule has 1 aliphatic heterocycles. The first kappa shape index (κ1) is 21.2. The summed E-state index contributed by atoms with van der Waals surface area (Å²) in [6, 6.07) is 13.1. The molecule has 0 atom stereocenters. The van der Waals surface area contributed by atoms with Crippen molar-refractivity contribution >= 4 is 34.8 Å². The van der Waals surface area contributed by atoms with Gasteiger partial charge in [-0.25, -0.2) is 4.90 Å². The summed E-state index contributed by atoms with van der Waals surface area (Å²) in [6.45, 7) is 10.8. The first-order valence-corrected chi connectivity index (χ1v) is 10.9. The van der Waals surface area contributed by atoms with Crippen LogP contribution in [-0.2, 0) is 9.59 Å². The molecule has 4 nitrogen and oxygen atoms in total. The van der Waals surface area contributed by atoms with Crippen LogP contribution in [0.4, 0.5) is 5.69 Å². The number of nitrogens with zero attached hydrogens (tertiary/aromatic N) is 1. The van der Waals surface area contributed by atoms with Gasteiger partial charge in [-0.2, -0.15) is 0 Å². The predicted octanol–water partition coefficient (Wildman–Crippen LogP) is 5.38. The van der Waals surface area contributed by atoms with E-state index >= 15 is 0 Å². The average Bonchev–Trinajstić information content (AvgIpc) is 2.93. The molecule has 0 radical (unpaired) electrons. The number of rotatable bonds is 7. The molecule has 152 valence electrons. The molecule has 1 heterocycles. The molecular formula is C24H27NO3S. The van der Waals surface area contributed by atoms with Crippen LogP contribution < -0.4 is 9.64 Å². The number of hydrogen-bond acceptors (Lipinski definition) is 4. The quantitative estimate of drug-likeness (QED) is 0.576. The minimum Gasteiger partial charge on any atom is -0.493 e. The molecule has 3 rings (SSSR count). The van der Waals surface area contributed by atoms with Gasteiger partial charge in [0, 0.05) is 0 Å². The number of amides is 2. The fourth-order valence-electron chi connectivity index (χ4n) is 3.12. The van der Waals surface area contributed by atoms with E-state index in [1.54, 1.807) is 0 Å². The summed E-state index contributed by atoms with van der Waals surface area (Å²) in [5.41, 5.74) is 4.00. The summed E-state index contributed by atoms with van der Waals surface area (Å²) in [5, 5.41) is 0. The lowest BCUT2D eigenvalue weighted by molar-refractivity contribution is -0.119. The second-order valence-corrected chi connectivity index (χ2v) is 8.85. The van der Waals surface area contributed by atoms with Gasteiger partial charge in [-0.15, -0.1) is 11.8 Å². The second kappa shape index (κ2) is 8.87. The second-order valence-electron chi connectivity index (χ2n) is 7.58. The topological polar surface area (TPSA) is 46.6 Å². The van der Waals surface area contributed by atoms with Crippen LogP contribution in [0.1, 0.15) is 37.5 Å². The van der Waals surface area contributed by atoms with Crippen LogP contribution >= 0.6 is 11.8 Å². The van der Waals surface area contributed by atoms with Gasteiger partial charge in [0.1, 0.15) is 5.75 Å². The van der Waals surface area contributed by atoms with Gasteiger partial charge >= 0.3 is 0 Å². The number of thioether (sulfide) groups is 1. The van der Waals surface area contributed by atoms with Gasteiger partial charge in [-0.05, 0) is 66.5 Å². The van der Waals surface area contributed by atoms with Gasteiger partial charge in [0.15, 0.2) is 0 Å². The highest BCUT2D eigenvalue weighted by Gasteiger charge is 2.40. The lowest BCUT2D eigenvalue weighted by atomic mass is 10.1. The van der Waals surface area contributed by atoms with Crippen LogP contribution in [0.25, 0.3) is 5.57 Å². The number of ether oxygens (including phenoxy) is 1. The van der Waals surface area contributed by atoms with Gasteiger partial charge in [0.05, 0.1) is 22.8 Å². The molecule has 1 aliphatic rings. The minimum absolute atomic E-state index is 0.250. The first-order chi connectivity index (χ1) is 13.8. The van der Waals surface area contributed by atoms with E-state index in [4.69, 9.17) is 4.74 Å². The Hall–Kier alpha value is -2.53. The Bertz CT molecular complexity index is 961. The van der Waals surface area contributed by atoms with Crippen molar-refractivity contribution in [2.75, 3.05) is 17.3 Å². The molecule has 0 fully saturated rings. The van der Waals surface area contributed by atoms with E-state index < -0.39 is 0 Å². The number of hydrogen-bond donors (Lipinski definition) is 0. The Morgan fingerprint density at radius 3 is 2.24 bits per heavy atom. The molecule has 2 aromatic rings. The van der Waals surface area contributed by atoms with Crippen molar-refractivity contribution in [2.24, 2.45) is 5.92 Å². The third kappa shape index (κ3) is 4.40. The highest BCUT2D eigenvalue weighted by molar-refractivity contribution is 8.04. The Morgan fingerprint density at radius 1 is 0.966 bits per heavy atom. The van der Waals surface area contributed by atoms with E-state index in [9.17, 15) is 9.59 Å². The van der Waals surface area contributed by atoms with Gasteiger partial charge < -0.3 is 4.74 Å². The molecule has 5 heteroatoms. The Balaban J connectivity index is 1.96. The maximum absolute atomic E-state index is 13.3. The summed E-state index contributed by atoms with van der Waals surface area (Å²) in [4.78, 5) is 28.2. The van der Waals surface area contributed by atoms with Crippen LogP contribution in [0.3, 0.4) is 0 Å². The lowest BCUT2D eigenvalue weighted by Crippen LogP contribution is -2.31. The summed E-state index contributed by atoms with van der Waals surface area (Å²) >= 11 is 1.41. The van der Waals surface area contributed by atoms with E-state index in [-0.39, 0.29) is 11.8 Å². The molecule has 29 heavy (non-hydrogen) atoms. The average molecular weight is 410 g/mol. The van der Waals surface area contributed by atoms with Crippen LogP contribution in [0.15, 0.2) is 47.4 Å². The van der Waals surface area contributed by atoms with Crippen LogP contribution in [0.5, 0.6) is 5.75 Å². The van der Waals surface area contributed by atoms with Crippen molar-refractivity contribution in [1.82, 2.24) is 0 Å². The molecule has 2 aromatic carbocycles. The van der Waals surface area contributed by atoms with Gasteiger partial charge in [-0.3, -0.25) is 9.59 Å². The normalized spacial score (nSPS) is 14.3. The predicted molar refractivity (Wildman–Crippen MR) is 120 cm³/mol. The molecular weight excluding hydrogens is 382 g/mol. The van der Waals surface area contributed by atoms with Crippen molar-refractivity contribution in [3.05, 3.63) is 64.1 Å². The summed E-state index contributed by atoms with van der Waals surface area (Å²) < 4.78 is 5.74. The van der Waals surface area contributed by atoms with Gasteiger partial charge in [-0.1, -0.05) is 39.0 Å². The fourth-order valence-corrected chi connectivity index (χ4v) is 3.98. The molecule has 0 aromatic heterocycles. The maximum atomic E-state index is 13.3. The smallest absolute Gasteiger partial charge is 0.272 e. The highest BCUT2D eigenvalue weighted by Crippen LogP contribution is 2.39. The summed E-state index contributed by atoms with van der Waals surface area (Å²) in [6.07, 6.45) is 0. The number of anilines is 1. The maximum Gasteiger partial charge on any atom is 0.272 e. The molecule has 0 saturated carbocycles. The summed E-state index contributed by atoms with van der Waals surface area (Å²) in [5.74, 6) is 1.39. The monoisotopic (exact) mass is 409 g/mol. The third-order valence-electron chi connectivity index (χ3n) is 4.81. The largest absolute Gasteiger partial charge is 0.493 e. The molecule has 0 N–H and O–H groups in total. The molecule has 0 aliphatic carbocycles. The van der Waals surface area contributed by atoms with Gasteiger partial charge in [0.2, 0.25) is 0 Å². The zero-order chi connectivity index (χ0) is 21.1.